The maximum absolute atomic E-state index is 12.4. The van der Waals surface area contributed by atoms with E-state index in [0.717, 1.165) is 15.9 Å². The second-order valence-corrected chi connectivity index (χ2v) is 6.30. The number of fused-ring (bicyclic) bond motifs is 1. The fourth-order valence-corrected chi connectivity index (χ4v) is 3.32. The van der Waals surface area contributed by atoms with Gasteiger partial charge in [-0.05, 0) is 37.3 Å². The lowest BCUT2D eigenvalue weighted by atomic mass is 10.2. The molecule has 3 rings (SSSR count). The molecule has 2 heterocycles. The number of rotatable bonds is 5. The van der Waals surface area contributed by atoms with Crippen molar-refractivity contribution in [3.8, 4) is 5.75 Å². The Bertz CT molecular complexity index is 877. The largest absolute Gasteiger partial charge is 0.484 e. The minimum Gasteiger partial charge on any atom is -0.484 e. The van der Waals surface area contributed by atoms with Gasteiger partial charge in [0.2, 0.25) is 0 Å². The molecule has 0 fully saturated rings. The van der Waals surface area contributed by atoms with Crippen LogP contribution in [0.4, 0.5) is 5.69 Å². The lowest BCUT2D eigenvalue weighted by Gasteiger charge is -2.06. The highest BCUT2D eigenvalue weighted by Crippen LogP contribution is 2.28. The normalized spacial score (nSPS) is 10.8. The van der Waals surface area contributed by atoms with Crippen LogP contribution in [-0.2, 0) is 11.8 Å². The average Bonchev–Trinajstić information content (AvgIpc) is 3.09. The molecule has 0 bridgehead atoms. The van der Waals surface area contributed by atoms with Gasteiger partial charge in [-0.15, -0.1) is 11.3 Å². The number of amides is 2. The van der Waals surface area contributed by atoms with Gasteiger partial charge in [-0.25, -0.2) is 0 Å². The fourth-order valence-electron chi connectivity index (χ4n) is 2.30. The first kappa shape index (κ1) is 16.0. The number of carbonyl (C=O) groups is 2. The summed E-state index contributed by atoms with van der Waals surface area (Å²) >= 11 is 1.40. The van der Waals surface area contributed by atoms with Crippen molar-refractivity contribution in [2.24, 2.45) is 12.8 Å². The van der Waals surface area contributed by atoms with Crippen LogP contribution in [0.3, 0.4) is 0 Å². The van der Waals surface area contributed by atoms with E-state index < -0.39 is 5.91 Å². The van der Waals surface area contributed by atoms with Crippen molar-refractivity contribution in [2.45, 2.75) is 6.92 Å². The van der Waals surface area contributed by atoms with Crippen molar-refractivity contribution in [3.63, 3.8) is 0 Å². The number of ether oxygens (including phenoxy) is 1. The summed E-state index contributed by atoms with van der Waals surface area (Å²) in [5, 5.41) is 8.15. The average molecular weight is 344 g/mol. The van der Waals surface area contributed by atoms with Gasteiger partial charge in [0.25, 0.3) is 11.8 Å². The number of nitrogens with zero attached hydrogens (tertiary/aromatic N) is 2. The number of thiophene rings is 1. The molecule has 3 N–H and O–H groups in total. The number of aryl methyl sites for hydroxylation is 2. The minimum atomic E-state index is -0.540. The molecule has 1 aromatic carbocycles. The number of anilines is 1. The third-order valence-corrected chi connectivity index (χ3v) is 4.61. The van der Waals surface area contributed by atoms with Crippen LogP contribution in [0.25, 0.3) is 10.2 Å². The third kappa shape index (κ3) is 3.23. The molecule has 0 aliphatic heterocycles. The van der Waals surface area contributed by atoms with E-state index in [1.54, 1.807) is 28.9 Å². The molecular weight excluding hydrogens is 328 g/mol. The van der Waals surface area contributed by atoms with Gasteiger partial charge in [0.15, 0.2) is 6.61 Å². The first-order valence-corrected chi connectivity index (χ1v) is 8.01. The molecule has 8 heteroatoms. The third-order valence-electron chi connectivity index (χ3n) is 3.41. The highest BCUT2D eigenvalue weighted by atomic mass is 32.1. The summed E-state index contributed by atoms with van der Waals surface area (Å²) in [5.41, 5.74) is 6.56. The molecule has 2 amide bonds. The summed E-state index contributed by atoms with van der Waals surface area (Å²) in [4.78, 5) is 24.6. The second-order valence-electron chi connectivity index (χ2n) is 5.27. The number of hydrogen-bond acceptors (Lipinski definition) is 5. The molecule has 3 aromatic rings. The van der Waals surface area contributed by atoms with Gasteiger partial charge >= 0.3 is 0 Å². The second kappa shape index (κ2) is 6.32. The van der Waals surface area contributed by atoms with Crippen LogP contribution in [0.1, 0.15) is 15.4 Å². The van der Waals surface area contributed by atoms with Crippen LogP contribution < -0.4 is 15.8 Å². The molecule has 0 aliphatic carbocycles. The Labute approximate surface area is 142 Å². The highest BCUT2D eigenvalue weighted by molar-refractivity contribution is 7.20. The molecule has 24 heavy (non-hydrogen) atoms. The summed E-state index contributed by atoms with van der Waals surface area (Å²) in [7, 11) is 1.86. The van der Waals surface area contributed by atoms with Crippen LogP contribution in [0.15, 0.2) is 30.3 Å². The number of aromatic nitrogens is 2. The molecule has 0 spiro atoms. The number of hydrogen-bond donors (Lipinski definition) is 2. The fraction of sp³-hybridized carbons (Fsp3) is 0.188. The van der Waals surface area contributed by atoms with Crippen molar-refractivity contribution in [1.82, 2.24) is 9.78 Å². The number of nitrogens with one attached hydrogen (secondary N) is 1. The lowest BCUT2D eigenvalue weighted by Crippen LogP contribution is -2.20. The van der Waals surface area contributed by atoms with Crippen molar-refractivity contribution in [3.05, 3.63) is 40.9 Å². The molecule has 124 valence electrons. The van der Waals surface area contributed by atoms with Gasteiger partial charge < -0.3 is 15.8 Å². The molecule has 0 saturated carbocycles. The predicted molar refractivity (Wildman–Crippen MR) is 92.4 cm³/mol. The minimum absolute atomic E-state index is 0.179. The molecule has 0 radical (unpaired) electrons. The van der Waals surface area contributed by atoms with Crippen molar-refractivity contribution in [2.75, 3.05) is 11.9 Å². The van der Waals surface area contributed by atoms with Crippen LogP contribution >= 0.6 is 11.3 Å². The first-order valence-electron chi connectivity index (χ1n) is 7.19. The van der Waals surface area contributed by atoms with Crippen molar-refractivity contribution < 1.29 is 14.3 Å². The van der Waals surface area contributed by atoms with Crippen LogP contribution in [-0.4, -0.2) is 28.2 Å². The van der Waals surface area contributed by atoms with E-state index in [1.807, 2.05) is 20.0 Å². The molecule has 0 aliphatic rings. The van der Waals surface area contributed by atoms with Crippen LogP contribution in [0.2, 0.25) is 0 Å². The standard InChI is InChI=1S/C16H16N4O3S/c1-9-12-7-13(24-16(12)20(2)19-9)15(22)18-10-3-5-11(6-4-10)23-8-14(17)21/h3-7H,8H2,1-2H3,(H2,17,21)(H,18,22). The SMILES string of the molecule is Cc1nn(C)c2sc(C(=O)Nc3ccc(OCC(N)=O)cc3)cc12. The Morgan fingerprint density at radius 3 is 2.67 bits per heavy atom. The Hall–Kier alpha value is -2.87. The maximum Gasteiger partial charge on any atom is 0.265 e. The highest BCUT2D eigenvalue weighted by Gasteiger charge is 2.15. The Kier molecular flexibility index (Phi) is 4.22. The van der Waals surface area contributed by atoms with Gasteiger partial charge in [0.1, 0.15) is 10.6 Å². The Morgan fingerprint density at radius 1 is 1.33 bits per heavy atom. The molecule has 7 nitrogen and oxygen atoms in total. The topological polar surface area (TPSA) is 99.2 Å². The quantitative estimate of drug-likeness (QED) is 0.740. The molecule has 0 unspecified atom stereocenters. The van der Waals surface area contributed by atoms with Crippen molar-refractivity contribution >= 4 is 39.1 Å². The number of carbonyl (C=O) groups excluding carboxylic acids is 2. The van der Waals surface area contributed by atoms with Gasteiger partial charge in [-0.2, -0.15) is 5.10 Å². The smallest absolute Gasteiger partial charge is 0.265 e. The lowest BCUT2D eigenvalue weighted by molar-refractivity contribution is -0.119. The number of benzene rings is 1. The zero-order valence-corrected chi connectivity index (χ0v) is 14.0. The molecule has 0 atom stereocenters. The Balaban J connectivity index is 1.71. The predicted octanol–water partition coefficient (Wildman–Crippen LogP) is 2.06. The summed E-state index contributed by atoms with van der Waals surface area (Å²) in [6, 6.07) is 8.58. The monoisotopic (exact) mass is 344 g/mol. The van der Waals surface area contributed by atoms with Crippen molar-refractivity contribution in [1.29, 1.82) is 0 Å². The van der Waals surface area contributed by atoms with E-state index in [0.29, 0.717) is 16.3 Å². The van der Waals surface area contributed by atoms with E-state index in [2.05, 4.69) is 10.4 Å². The summed E-state index contributed by atoms with van der Waals surface area (Å²) in [6.07, 6.45) is 0. The van der Waals surface area contributed by atoms with Gasteiger partial charge in [-0.1, -0.05) is 0 Å². The maximum atomic E-state index is 12.4. The summed E-state index contributed by atoms with van der Waals surface area (Å²) in [5.74, 6) is -0.210. The molecule has 2 aromatic heterocycles. The van der Waals surface area contributed by atoms with Crippen LogP contribution in [0.5, 0.6) is 5.75 Å². The number of primary amides is 1. The van der Waals surface area contributed by atoms with E-state index in [4.69, 9.17) is 10.5 Å². The van der Waals surface area contributed by atoms with Gasteiger partial charge in [0.05, 0.1) is 10.6 Å². The Morgan fingerprint density at radius 2 is 2.04 bits per heavy atom. The van der Waals surface area contributed by atoms with Gasteiger partial charge in [-0.3, -0.25) is 14.3 Å². The van der Waals surface area contributed by atoms with Gasteiger partial charge in [0, 0.05) is 18.1 Å². The van der Waals surface area contributed by atoms with E-state index in [-0.39, 0.29) is 12.5 Å². The summed E-state index contributed by atoms with van der Waals surface area (Å²) in [6.45, 7) is 1.74. The first-order chi connectivity index (χ1) is 11.4. The molecule has 0 saturated heterocycles. The van der Waals surface area contributed by atoms with Crippen LogP contribution in [0, 0.1) is 6.92 Å². The number of nitrogens with two attached hydrogens (primary N) is 1. The van der Waals surface area contributed by atoms with E-state index in [1.165, 1.54) is 11.3 Å². The zero-order valence-electron chi connectivity index (χ0n) is 13.2. The van der Waals surface area contributed by atoms with E-state index >= 15 is 0 Å². The zero-order chi connectivity index (χ0) is 17.3. The molecular formula is C16H16N4O3S. The summed E-state index contributed by atoms with van der Waals surface area (Å²) < 4.78 is 6.95. The van der Waals surface area contributed by atoms with E-state index in [9.17, 15) is 9.59 Å².